The van der Waals surface area contributed by atoms with Crippen molar-refractivity contribution in [1.29, 1.82) is 0 Å². The summed E-state index contributed by atoms with van der Waals surface area (Å²) in [5.74, 6) is -0.0128. The molecule has 0 amide bonds. The van der Waals surface area contributed by atoms with Crippen molar-refractivity contribution in [1.82, 2.24) is 5.16 Å². The number of hydrogen-bond acceptors (Lipinski definition) is 5. The van der Waals surface area contributed by atoms with Crippen molar-refractivity contribution in [3.05, 3.63) is 17.5 Å². The summed E-state index contributed by atoms with van der Waals surface area (Å²) in [7, 11) is 0. The summed E-state index contributed by atoms with van der Waals surface area (Å²) in [5, 5.41) is 3.53. The van der Waals surface area contributed by atoms with Gasteiger partial charge in [0, 0.05) is 6.07 Å². The van der Waals surface area contributed by atoms with Crippen LogP contribution in [0.3, 0.4) is 0 Å². The Labute approximate surface area is 75.8 Å². The minimum Gasteiger partial charge on any atom is -0.461 e. The van der Waals surface area contributed by atoms with E-state index in [4.69, 9.17) is 15.0 Å². The monoisotopic (exact) mass is 184 g/mol. The van der Waals surface area contributed by atoms with Crippen molar-refractivity contribution in [3.63, 3.8) is 0 Å². The number of ether oxygens (including phenoxy) is 1. The van der Waals surface area contributed by atoms with Crippen LogP contribution < -0.4 is 5.73 Å². The van der Waals surface area contributed by atoms with Crippen LogP contribution in [-0.4, -0.2) is 17.7 Å². The second-order valence-corrected chi connectivity index (χ2v) is 2.62. The normalized spacial score (nSPS) is 12.5. The summed E-state index contributed by atoms with van der Waals surface area (Å²) in [6.07, 6.45) is 0. The molecular weight excluding hydrogens is 172 g/mol. The Morgan fingerprint density at radius 1 is 1.85 bits per heavy atom. The number of aromatic nitrogens is 1. The van der Waals surface area contributed by atoms with Crippen LogP contribution in [0.1, 0.15) is 36.1 Å². The zero-order valence-electron chi connectivity index (χ0n) is 7.61. The lowest BCUT2D eigenvalue weighted by Crippen LogP contribution is -2.05. The Hall–Kier alpha value is -1.36. The third-order valence-corrected chi connectivity index (χ3v) is 1.46. The van der Waals surface area contributed by atoms with Crippen LogP contribution >= 0.6 is 0 Å². The Bertz CT molecular complexity index is 293. The third kappa shape index (κ3) is 2.29. The van der Waals surface area contributed by atoms with Gasteiger partial charge in [-0.3, -0.25) is 0 Å². The number of nitrogens with two attached hydrogens (primary N) is 1. The number of carbonyl (C=O) groups is 1. The van der Waals surface area contributed by atoms with Gasteiger partial charge in [-0.05, 0) is 13.8 Å². The molecule has 0 saturated heterocycles. The van der Waals surface area contributed by atoms with E-state index < -0.39 is 5.97 Å². The molecule has 1 heterocycles. The smallest absolute Gasteiger partial charge is 0.360 e. The molecule has 2 N–H and O–H groups in total. The molecule has 0 bridgehead atoms. The Kier molecular flexibility index (Phi) is 3.02. The number of rotatable bonds is 3. The predicted octanol–water partition coefficient (Wildman–Crippen LogP) is 0.871. The van der Waals surface area contributed by atoms with Gasteiger partial charge in [-0.1, -0.05) is 5.16 Å². The van der Waals surface area contributed by atoms with Gasteiger partial charge < -0.3 is 15.0 Å². The van der Waals surface area contributed by atoms with Gasteiger partial charge in [-0.2, -0.15) is 0 Å². The van der Waals surface area contributed by atoms with Crippen LogP contribution in [0.5, 0.6) is 0 Å². The number of esters is 1. The fourth-order valence-corrected chi connectivity index (χ4v) is 0.805. The van der Waals surface area contributed by atoms with Crippen molar-refractivity contribution >= 4 is 5.97 Å². The summed E-state index contributed by atoms with van der Waals surface area (Å²) in [5.41, 5.74) is 5.68. The van der Waals surface area contributed by atoms with Crippen LogP contribution in [0, 0.1) is 0 Å². The SMILES string of the molecule is CCOC(=O)c1cc([C@@H](C)N)on1. The van der Waals surface area contributed by atoms with Gasteiger partial charge >= 0.3 is 5.97 Å². The summed E-state index contributed by atoms with van der Waals surface area (Å²) in [6, 6.07) is 1.22. The van der Waals surface area contributed by atoms with Gasteiger partial charge in [-0.25, -0.2) is 4.79 Å². The highest BCUT2D eigenvalue weighted by molar-refractivity contribution is 5.87. The number of carbonyl (C=O) groups excluding carboxylic acids is 1. The molecular formula is C8H12N2O3. The van der Waals surface area contributed by atoms with Crippen LogP contribution in [0.15, 0.2) is 10.6 Å². The van der Waals surface area contributed by atoms with E-state index in [1.165, 1.54) is 6.07 Å². The summed E-state index contributed by atoms with van der Waals surface area (Å²) < 4.78 is 9.54. The maximum absolute atomic E-state index is 11.1. The summed E-state index contributed by atoms with van der Waals surface area (Å²) in [4.78, 5) is 11.1. The second-order valence-electron chi connectivity index (χ2n) is 2.62. The van der Waals surface area contributed by atoms with E-state index in [1.807, 2.05) is 0 Å². The molecule has 1 atom stereocenters. The van der Waals surface area contributed by atoms with Gasteiger partial charge in [0.05, 0.1) is 12.6 Å². The lowest BCUT2D eigenvalue weighted by molar-refractivity contribution is 0.0514. The minimum absolute atomic E-state index is 0.161. The Morgan fingerprint density at radius 2 is 2.54 bits per heavy atom. The molecule has 0 aliphatic rings. The van der Waals surface area contributed by atoms with Crippen LogP contribution in [-0.2, 0) is 4.74 Å². The quantitative estimate of drug-likeness (QED) is 0.705. The predicted molar refractivity (Wildman–Crippen MR) is 45.1 cm³/mol. The molecule has 0 spiro atoms. The molecule has 1 aromatic rings. The van der Waals surface area contributed by atoms with Crippen molar-refractivity contribution in [3.8, 4) is 0 Å². The van der Waals surface area contributed by atoms with E-state index in [-0.39, 0.29) is 11.7 Å². The molecule has 1 aromatic heterocycles. The molecule has 13 heavy (non-hydrogen) atoms. The van der Waals surface area contributed by atoms with Crippen molar-refractivity contribution < 1.29 is 14.1 Å². The van der Waals surface area contributed by atoms with E-state index >= 15 is 0 Å². The van der Waals surface area contributed by atoms with Gasteiger partial charge in [0.15, 0.2) is 11.5 Å². The molecule has 5 heteroatoms. The first-order valence-electron chi connectivity index (χ1n) is 4.04. The zero-order valence-corrected chi connectivity index (χ0v) is 7.61. The third-order valence-electron chi connectivity index (χ3n) is 1.46. The number of hydrogen-bond donors (Lipinski definition) is 1. The molecule has 0 radical (unpaired) electrons. The highest BCUT2D eigenvalue weighted by Crippen LogP contribution is 2.11. The first kappa shape index (κ1) is 9.73. The van der Waals surface area contributed by atoms with Crippen molar-refractivity contribution in [2.24, 2.45) is 5.73 Å². The molecule has 0 saturated carbocycles. The Balaban J connectivity index is 2.73. The molecule has 5 nitrogen and oxygen atoms in total. The molecule has 72 valence electrons. The maximum Gasteiger partial charge on any atom is 0.360 e. The van der Waals surface area contributed by atoms with Gasteiger partial charge in [0.1, 0.15) is 0 Å². The fourth-order valence-electron chi connectivity index (χ4n) is 0.805. The largest absolute Gasteiger partial charge is 0.461 e. The average Bonchev–Trinajstić information content (AvgIpc) is 2.52. The standard InChI is InChI=1S/C8H12N2O3/c1-3-12-8(11)6-4-7(5(2)9)13-10-6/h4-5H,3,9H2,1-2H3/t5-/m1/s1. The molecule has 0 aliphatic heterocycles. The van der Waals surface area contributed by atoms with E-state index in [0.29, 0.717) is 12.4 Å². The van der Waals surface area contributed by atoms with E-state index in [9.17, 15) is 4.79 Å². The minimum atomic E-state index is -0.488. The maximum atomic E-state index is 11.1. The van der Waals surface area contributed by atoms with Crippen molar-refractivity contribution in [2.75, 3.05) is 6.61 Å². The lowest BCUT2D eigenvalue weighted by atomic mass is 10.2. The topological polar surface area (TPSA) is 78.4 Å². The zero-order chi connectivity index (χ0) is 9.84. The van der Waals surface area contributed by atoms with Crippen LogP contribution in [0.4, 0.5) is 0 Å². The first-order valence-corrected chi connectivity index (χ1v) is 4.04. The lowest BCUT2D eigenvalue weighted by Gasteiger charge is -1.95. The van der Waals surface area contributed by atoms with Gasteiger partial charge in [0.25, 0.3) is 0 Å². The van der Waals surface area contributed by atoms with Gasteiger partial charge in [0.2, 0.25) is 0 Å². The summed E-state index contributed by atoms with van der Waals surface area (Å²) >= 11 is 0. The molecule has 0 aliphatic carbocycles. The van der Waals surface area contributed by atoms with Crippen molar-refractivity contribution in [2.45, 2.75) is 19.9 Å². The first-order chi connectivity index (χ1) is 6.15. The highest BCUT2D eigenvalue weighted by atomic mass is 16.5. The molecule has 0 fully saturated rings. The molecule has 0 unspecified atom stereocenters. The molecule has 0 aromatic carbocycles. The number of nitrogens with zero attached hydrogens (tertiary/aromatic N) is 1. The van der Waals surface area contributed by atoms with Gasteiger partial charge in [-0.15, -0.1) is 0 Å². The summed E-state index contributed by atoms with van der Waals surface area (Å²) in [6.45, 7) is 3.79. The highest BCUT2D eigenvalue weighted by Gasteiger charge is 2.14. The average molecular weight is 184 g/mol. The van der Waals surface area contributed by atoms with E-state index in [0.717, 1.165) is 0 Å². The van der Waals surface area contributed by atoms with Crippen LogP contribution in [0.25, 0.3) is 0 Å². The second kappa shape index (κ2) is 4.04. The van der Waals surface area contributed by atoms with E-state index in [2.05, 4.69) is 5.16 Å². The van der Waals surface area contributed by atoms with Crippen LogP contribution in [0.2, 0.25) is 0 Å². The molecule has 1 rings (SSSR count). The Morgan fingerprint density at radius 3 is 3.00 bits per heavy atom. The van der Waals surface area contributed by atoms with E-state index in [1.54, 1.807) is 13.8 Å². The fraction of sp³-hybridized carbons (Fsp3) is 0.500.